The topological polar surface area (TPSA) is 44.4 Å². The van der Waals surface area contributed by atoms with E-state index in [0.717, 1.165) is 6.54 Å². The minimum absolute atomic E-state index is 0.00999. The average Bonchev–Trinajstić information content (AvgIpc) is 2.72. The van der Waals surface area contributed by atoms with Crippen LogP contribution in [0.25, 0.3) is 0 Å². The average molecular weight is 255 g/mol. The van der Waals surface area contributed by atoms with Crippen LogP contribution in [0.2, 0.25) is 0 Å². The molecule has 0 aromatic heterocycles. The fourth-order valence-electron chi connectivity index (χ4n) is 2.49. The zero-order valence-corrected chi connectivity index (χ0v) is 12.6. The molecule has 1 saturated carbocycles. The molecule has 0 saturated heterocycles. The Balaban J connectivity index is 2.37. The molecule has 0 heterocycles. The van der Waals surface area contributed by atoms with Gasteiger partial charge in [-0.1, -0.05) is 12.8 Å². The van der Waals surface area contributed by atoms with Crippen LogP contribution < -0.4 is 10.6 Å². The molecule has 0 aliphatic heterocycles. The predicted octanol–water partition coefficient (Wildman–Crippen LogP) is 1.37. The highest BCUT2D eigenvalue weighted by molar-refractivity contribution is 5.78. The summed E-state index contributed by atoms with van der Waals surface area (Å²) >= 11 is 0. The predicted molar refractivity (Wildman–Crippen MR) is 75.7 cm³/mol. The van der Waals surface area contributed by atoms with E-state index in [1.165, 1.54) is 25.7 Å². The van der Waals surface area contributed by atoms with Crippen LogP contribution in [0.3, 0.4) is 0 Å². The van der Waals surface area contributed by atoms with Crippen molar-refractivity contribution >= 4 is 5.91 Å². The quantitative estimate of drug-likeness (QED) is 0.780. The molecule has 1 amide bonds. The first-order chi connectivity index (χ1) is 8.25. The molecule has 0 radical (unpaired) electrons. The summed E-state index contributed by atoms with van der Waals surface area (Å²) in [6.45, 7) is 7.37. The van der Waals surface area contributed by atoms with Gasteiger partial charge in [0, 0.05) is 17.6 Å². The second-order valence-electron chi connectivity index (χ2n) is 6.71. The molecular weight excluding hydrogens is 226 g/mol. The summed E-state index contributed by atoms with van der Waals surface area (Å²) < 4.78 is 0. The summed E-state index contributed by atoms with van der Waals surface area (Å²) in [6.07, 6.45) is 4.92. The van der Waals surface area contributed by atoms with Gasteiger partial charge in [0.1, 0.15) is 0 Å². The molecule has 0 atom stereocenters. The molecule has 0 unspecified atom stereocenters. The van der Waals surface area contributed by atoms with Crippen molar-refractivity contribution in [1.29, 1.82) is 0 Å². The lowest BCUT2D eigenvalue weighted by atomic mass is 9.96. The van der Waals surface area contributed by atoms with Crippen molar-refractivity contribution in [2.24, 2.45) is 0 Å². The largest absolute Gasteiger partial charge is 0.353 e. The molecule has 106 valence electrons. The Kier molecular flexibility index (Phi) is 5.17. The molecule has 1 aliphatic rings. The molecule has 0 bridgehead atoms. The van der Waals surface area contributed by atoms with E-state index >= 15 is 0 Å². The van der Waals surface area contributed by atoms with Gasteiger partial charge in [0.05, 0.1) is 6.54 Å². The number of amides is 1. The van der Waals surface area contributed by atoms with Gasteiger partial charge in [0.25, 0.3) is 0 Å². The van der Waals surface area contributed by atoms with Gasteiger partial charge in [-0.3, -0.25) is 4.79 Å². The third-order valence-corrected chi connectivity index (χ3v) is 3.88. The minimum Gasteiger partial charge on any atom is -0.353 e. The van der Waals surface area contributed by atoms with Gasteiger partial charge in [0.15, 0.2) is 0 Å². The summed E-state index contributed by atoms with van der Waals surface area (Å²) in [5, 5.41) is 6.29. The molecule has 1 rings (SSSR count). The van der Waals surface area contributed by atoms with E-state index in [9.17, 15) is 4.79 Å². The summed E-state index contributed by atoms with van der Waals surface area (Å²) in [4.78, 5) is 14.1. The number of nitrogens with one attached hydrogen (secondary N) is 2. The number of carbonyl (C=O) groups is 1. The molecule has 4 nitrogen and oxygen atoms in total. The third kappa shape index (κ3) is 4.58. The van der Waals surface area contributed by atoms with Crippen LogP contribution in [0.15, 0.2) is 0 Å². The molecule has 1 fully saturated rings. The van der Waals surface area contributed by atoms with Crippen molar-refractivity contribution in [1.82, 2.24) is 15.5 Å². The molecule has 18 heavy (non-hydrogen) atoms. The van der Waals surface area contributed by atoms with Gasteiger partial charge in [-0.2, -0.15) is 0 Å². The maximum atomic E-state index is 11.8. The normalized spacial score (nSPS) is 19.2. The highest BCUT2D eigenvalue weighted by Gasteiger charge is 2.36. The molecule has 0 spiro atoms. The Labute approximate surface area is 111 Å². The van der Waals surface area contributed by atoms with Crippen LogP contribution in [0, 0.1) is 0 Å². The summed E-state index contributed by atoms with van der Waals surface area (Å²) in [5.41, 5.74) is 0.168. The maximum Gasteiger partial charge on any atom is 0.234 e. The molecule has 0 aromatic rings. The Bertz CT molecular complexity index is 275. The highest BCUT2D eigenvalue weighted by atomic mass is 16.1. The minimum atomic E-state index is -0.00999. The lowest BCUT2D eigenvalue weighted by Gasteiger charge is -2.36. The van der Waals surface area contributed by atoms with Gasteiger partial charge in [-0.05, 0) is 47.7 Å². The lowest BCUT2D eigenvalue weighted by Crippen LogP contribution is -2.52. The first-order valence-electron chi connectivity index (χ1n) is 6.94. The summed E-state index contributed by atoms with van der Waals surface area (Å²) in [6, 6.07) is 0. The first kappa shape index (κ1) is 15.4. The molecular formula is C14H29N3O. The Morgan fingerprint density at radius 1 is 1.22 bits per heavy atom. The number of likely N-dealkylation sites (N-methyl/N-ethyl adjacent to an activating group) is 1. The van der Waals surface area contributed by atoms with E-state index in [4.69, 9.17) is 0 Å². The van der Waals surface area contributed by atoms with Gasteiger partial charge in [-0.25, -0.2) is 0 Å². The van der Waals surface area contributed by atoms with Crippen molar-refractivity contribution in [2.45, 2.75) is 57.5 Å². The van der Waals surface area contributed by atoms with Crippen LogP contribution in [0.1, 0.15) is 46.5 Å². The summed E-state index contributed by atoms with van der Waals surface area (Å²) in [5.74, 6) is 0.0954. The number of rotatable bonds is 5. The number of hydrogen-bond donors (Lipinski definition) is 2. The van der Waals surface area contributed by atoms with E-state index in [1.54, 1.807) is 0 Å². The number of nitrogens with zero attached hydrogens (tertiary/aromatic N) is 1. The third-order valence-electron chi connectivity index (χ3n) is 3.88. The zero-order valence-electron chi connectivity index (χ0n) is 12.6. The number of carbonyl (C=O) groups excluding carboxylic acids is 1. The van der Waals surface area contributed by atoms with Crippen molar-refractivity contribution in [3.63, 3.8) is 0 Å². The van der Waals surface area contributed by atoms with Crippen LogP contribution in [0.5, 0.6) is 0 Å². The smallest absolute Gasteiger partial charge is 0.234 e. The Hall–Kier alpha value is -0.610. The van der Waals surface area contributed by atoms with Crippen molar-refractivity contribution in [3.05, 3.63) is 0 Å². The van der Waals surface area contributed by atoms with E-state index in [-0.39, 0.29) is 17.0 Å². The van der Waals surface area contributed by atoms with Gasteiger partial charge < -0.3 is 15.5 Å². The molecule has 4 heteroatoms. The van der Waals surface area contributed by atoms with Gasteiger partial charge in [-0.15, -0.1) is 0 Å². The van der Waals surface area contributed by atoms with Crippen molar-refractivity contribution in [2.75, 3.05) is 27.2 Å². The van der Waals surface area contributed by atoms with E-state index in [1.807, 2.05) is 0 Å². The molecule has 1 aliphatic carbocycles. The number of hydrogen-bond acceptors (Lipinski definition) is 3. The second-order valence-corrected chi connectivity index (χ2v) is 6.71. The SMILES string of the molecule is CN(C)C1(CNC(=O)CNC(C)(C)C)CCCC1. The van der Waals surface area contributed by atoms with E-state index < -0.39 is 0 Å². The van der Waals surface area contributed by atoms with E-state index in [0.29, 0.717) is 6.54 Å². The Morgan fingerprint density at radius 3 is 2.22 bits per heavy atom. The van der Waals surface area contributed by atoms with Crippen LogP contribution in [-0.2, 0) is 4.79 Å². The highest BCUT2D eigenvalue weighted by Crippen LogP contribution is 2.32. The van der Waals surface area contributed by atoms with Gasteiger partial charge in [0.2, 0.25) is 5.91 Å². The van der Waals surface area contributed by atoms with Crippen LogP contribution >= 0.6 is 0 Å². The molecule has 0 aromatic carbocycles. The van der Waals surface area contributed by atoms with Crippen molar-refractivity contribution in [3.8, 4) is 0 Å². The second kappa shape index (κ2) is 6.02. The summed E-state index contributed by atoms with van der Waals surface area (Å²) in [7, 11) is 4.23. The first-order valence-corrected chi connectivity index (χ1v) is 6.94. The van der Waals surface area contributed by atoms with E-state index in [2.05, 4.69) is 50.4 Å². The Morgan fingerprint density at radius 2 is 1.78 bits per heavy atom. The van der Waals surface area contributed by atoms with Crippen LogP contribution in [-0.4, -0.2) is 49.1 Å². The zero-order chi connectivity index (χ0) is 13.8. The fraction of sp³-hybridized carbons (Fsp3) is 0.929. The lowest BCUT2D eigenvalue weighted by molar-refractivity contribution is -0.121. The van der Waals surface area contributed by atoms with Crippen LogP contribution in [0.4, 0.5) is 0 Å². The maximum absolute atomic E-state index is 11.8. The standard InChI is InChI=1S/C14H29N3O/c1-13(2,3)16-10-12(18)15-11-14(17(4)5)8-6-7-9-14/h16H,6-11H2,1-5H3,(H,15,18). The van der Waals surface area contributed by atoms with Crippen molar-refractivity contribution < 1.29 is 4.79 Å². The molecule has 2 N–H and O–H groups in total. The monoisotopic (exact) mass is 255 g/mol. The van der Waals surface area contributed by atoms with Gasteiger partial charge >= 0.3 is 0 Å². The fourth-order valence-corrected chi connectivity index (χ4v) is 2.49.